The third-order valence-corrected chi connectivity index (χ3v) is 7.01. The Labute approximate surface area is 200 Å². The Kier molecular flexibility index (Phi) is 7.10. The van der Waals surface area contributed by atoms with Gasteiger partial charge in [-0.3, -0.25) is 15.6 Å². The molecule has 8 heteroatoms. The standard InChI is InChI=1S/C25H35N5O2S/c1-24(2)13-18(14-25(3,4)28-24)30(6)23(27)33-22(26)19-10-8-16(12-20(19)32-7)17-9-11-21(31)29(5)15-17/h8-12,15,18,26-28H,13-14H2,1-7H3. The number of ether oxygens (including phenoxy) is 1. The molecule has 0 spiro atoms. The summed E-state index contributed by atoms with van der Waals surface area (Å²) < 4.78 is 7.12. The fourth-order valence-corrected chi connectivity index (χ4v) is 5.52. The van der Waals surface area contributed by atoms with Crippen molar-refractivity contribution in [2.45, 2.75) is 57.7 Å². The van der Waals surface area contributed by atoms with Crippen LogP contribution >= 0.6 is 11.8 Å². The molecule has 0 radical (unpaired) electrons. The van der Waals surface area contributed by atoms with Crippen molar-refractivity contribution in [1.82, 2.24) is 14.8 Å². The number of aryl methyl sites for hydroxylation is 1. The van der Waals surface area contributed by atoms with Gasteiger partial charge in [0, 0.05) is 49.0 Å². The van der Waals surface area contributed by atoms with E-state index in [1.807, 2.05) is 30.1 Å². The molecule has 7 nitrogen and oxygen atoms in total. The summed E-state index contributed by atoms with van der Waals surface area (Å²) in [4.78, 5) is 13.7. The number of amidine groups is 1. The largest absolute Gasteiger partial charge is 0.496 e. The van der Waals surface area contributed by atoms with Crippen LogP contribution in [0.2, 0.25) is 0 Å². The van der Waals surface area contributed by atoms with Crippen LogP contribution in [0.5, 0.6) is 5.75 Å². The van der Waals surface area contributed by atoms with Crippen molar-refractivity contribution in [3.05, 3.63) is 52.4 Å². The highest BCUT2D eigenvalue weighted by Crippen LogP contribution is 2.34. The summed E-state index contributed by atoms with van der Waals surface area (Å²) in [6.45, 7) is 8.80. The van der Waals surface area contributed by atoms with Crippen molar-refractivity contribution < 1.29 is 4.74 Å². The number of aromatic nitrogens is 1. The van der Waals surface area contributed by atoms with Crippen molar-refractivity contribution in [2.24, 2.45) is 7.05 Å². The highest BCUT2D eigenvalue weighted by molar-refractivity contribution is 8.26. The van der Waals surface area contributed by atoms with E-state index >= 15 is 0 Å². The minimum atomic E-state index is -0.0660. The number of pyridine rings is 1. The van der Waals surface area contributed by atoms with Crippen LogP contribution in [-0.4, -0.2) is 51.0 Å². The second kappa shape index (κ2) is 9.35. The van der Waals surface area contributed by atoms with Gasteiger partial charge in [0.15, 0.2) is 5.17 Å². The molecule has 0 bridgehead atoms. The van der Waals surface area contributed by atoms with Crippen LogP contribution < -0.4 is 15.6 Å². The van der Waals surface area contributed by atoms with Gasteiger partial charge < -0.3 is 19.5 Å². The monoisotopic (exact) mass is 469 g/mol. The minimum absolute atomic E-state index is 0.0148. The molecule has 0 unspecified atom stereocenters. The molecule has 33 heavy (non-hydrogen) atoms. The average Bonchev–Trinajstić information content (AvgIpc) is 2.72. The summed E-state index contributed by atoms with van der Waals surface area (Å²) in [5.74, 6) is 0.568. The lowest BCUT2D eigenvalue weighted by Crippen LogP contribution is -2.62. The summed E-state index contributed by atoms with van der Waals surface area (Å²) >= 11 is 1.14. The molecular formula is C25H35N5O2S. The molecule has 1 aliphatic heterocycles. The maximum absolute atomic E-state index is 11.7. The number of nitrogens with zero attached hydrogens (tertiary/aromatic N) is 2. The molecule has 0 amide bonds. The van der Waals surface area contributed by atoms with Crippen LogP contribution in [0.15, 0.2) is 41.3 Å². The molecule has 1 aromatic carbocycles. The van der Waals surface area contributed by atoms with E-state index in [1.54, 1.807) is 26.4 Å². The van der Waals surface area contributed by atoms with Gasteiger partial charge in [0.05, 0.1) is 7.11 Å². The van der Waals surface area contributed by atoms with Gasteiger partial charge in [0.25, 0.3) is 0 Å². The van der Waals surface area contributed by atoms with Crippen LogP contribution in [0, 0.1) is 10.8 Å². The van der Waals surface area contributed by atoms with Gasteiger partial charge in [-0.15, -0.1) is 0 Å². The number of methoxy groups -OCH3 is 1. The molecule has 3 N–H and O–H groups in total. The number of piperidine rings is 1. The van der Waals surface area contributed by atoms with E-state index in [0.717, 1.165) is 35.7 Å². The van der Waals surface area contributed by atoms with E-state index in [0.29, 0.717) is 16.5 Å². The molecule has 2 heterocycles. The predicted octanol–water partition coefficient (Wildman–Crippen LogP) is 4.30. The fourth-order valence-electron chi connectivity index (χ4n) is 4.75. The van der Waals surface area contributed by atoms with E-state index in [-0.39, 0.29) is 27.7 Å². The first-order chi connectivity index (χ1) is 15.3. The first-order valence-corrected chi connectivity index (χ1v) is 11.9. The lowest BCUT2D eigenvalue weighted by molar-refractivity contribution is 0.114. The highest BCUT2D eigenvalue weighted by Gasteiger charge is 2.39. The number of benzene rings is 1. The average molecular weight is 470 g/mol. The van der Waals surface area contributed by atoms with Crippen molar-refractivity contribution in [3.63, 3.8) is 0 Å². The summed E-state index contributed by atoms with van der Waals surface area (Å²) in [5.41, 5.74) is 2.34. The number of thioether (sulfide) groups is 1. The lowest BCUT2D eigenvalue weighted by Gasteiger charge is -2.49. The van der Waals surface area contributed by atoms with E-state index in [9.17, 15) is 4.79 Å². The van der Waals surface area contributed by atoms with Crippen LogP contribution in [0.3, 0.4) is 0 Å². The molecule has 0 aliphatic carbocycles. The third kappa shape index (κ3) is 5.86. The number of nitrogens with one attached hydrogen (secondary N) is 3. The van der Waals surface area contributed by atoms with Crippen LogP contribution in [0.4, 0.5) is 0 Å². The van der Waals surface area contributed by atoms with Gasteiger partial charge in [-0.2, -0.15) is 0 Å². The molecule has 0 atom stereocenters. The Bertz CT molecular complexity index is 1110. The van der Waals surface area contributed by atoms with Gasteiger partial charge in [0.1, 0.15) is 10.8 Å². The zero-order valence-electron chi connectivity index (χ0n) is 20.6. The number of hydrogen-bond donors (Lipinski definition) is 3. The van der Waals surface area contributed by atoms with Gasteiger partial charge in [-0.1, -0.05) is 6.07 Å². The van der Waals surface area contributed by atoms with E-state index in [4.69, 9.17) is 15.6 Å². The SMILES string of the molecule is COc1cc(-c2ccc(=O)n(C)c2)ccc1C(=N)SC(=N)N(C)C1CC(C)(C)NC(C)(C)C1. The Hall–Kier alpha value is -2.58. The van der Waals surface area contributed by atoms with Crippen molar-refractivity contribution in [3.8, 4) is 16.9 Å². The molecule has 178 valence electrons. The quantitative estimate of drug-likeness (QED) is 0.459. The zero-order valence-corrected chi connectivity index (χ0v) is 21.4. The van der Waals surface area contributed by atoms with Crippen LogP contribution in [0.1, 0.15) is 46.1 Å². The molecular weight excluding hydrogens is 434 g/mol. The van der Waals surface area contributed by atoms with E-state index in [1.165, 1.54) is 10.6 Å². The molecule has 1 fully saturated rings. The van der Waals surface area contributed by atoms with E-state index in [2.05, 4.69) is 33.0 Å². The second-order valence-corrected chi connectivity index (χ2v) is 11.1. The van der Waals surface area contributed by atoms with Gasteiger partial charge in [0.2, 0.25) is 5.56 Å². The van der Waals surface area contributed by atoms with Crippen LogP contribution in [0.25, 0.3) is 11.1 Å². The van der Waals surface area contributed by atoms with E-state index < -0.39 is 0 Å². The Balaban J connectivity index is 1.77. The molecule has 1 saturated heterocycles. The third-order valence-electron chi connectivity index (χ3n) is 6.10. The first kappa shape index (κ1) is 25.1. The predicted molar refractivity (Wildman–Crippen MR) is 138 cm³/mol. The fraction of sp³-hybridized carbons (Fsp3) is 0.480. The van der Waals surface area contributed by atoms with Crippen molar-refractivity contribution in [2.75, 3.05) is 14.2 Å². The summed E-state index contributed by atoms with van der Waals surface area (Å²) in [6.07, 6.45) is 3.64. The van der Waals surface area contributed by atoms with Gasteiger partial charge in [-0.25, -0.2) is 0 Å². The Morgan fingerprint density at radius 1 is 1.12 bits per heavy atom. The van der Waals surface area contributed by atoms with Crippen molar-refractivity contribution in [1.29, 1.82) is 10.8 Å². The smallest absolute Gasteiger partial charge is 0.250 e. The normalized spacial score (nSPS) is 17.4. The van der Waals surface area contributed by atoms with Gasteiger partial charge in [-0.05, 0) is 81.6 Å². The first-order valence-electron chi connectivity index (χ1n) is 11.0. The summed E-state index contributed by atoms with van der Waals surface area (Å²) in [6, 6.07) is 9.17. The van der Waals surface area contributed by atoms with Crippen LogP contribution in [-0.2, 0) is 7.05 Å². The highest BCUT2D eigenvalue weighted by atomic mass is 32.2. The maximum Gasteiger partial charge on any atom is 0.250 e. The number of hydrogen-bond acceptors (Lipinski definition) is 6. The lowest BCUT2D eigenvalue weighted by atomic mass is 9.79. The second-order valence-electron chi connectivity index (χ2n) is 10.1. The Morgan fingerprint density at radius 2 is 1.73 bits per heavy atom. The molecule has 1 aliphatic rings. The molecule has 1 aromatic heterocycles. The number of rotatable bonds is 4. The molecule has 2 aromatic rings. The Morgan fingerprint density at radius 3 is 2.30 bits per heavy atom. The molecule has 3 rings (SSSR count). The summed E-state index contributed by atoms with van der Waals surface area (Å²) in [7, 11) is 5.25. The van der Waals surface area contributed by atoms with Gasteiger partial charge >= 0.3 is 0 Å². The zero-order chi connectivity index (χ0) is 24.6. The topological polar surface area (TPSA) is 94.2 Å². The van der Waals surface area contributed by atoms with Crippen molar-refractivity contribution >= 4 is 22.0 Å². The summed E-state index contributed by atoms with van der Waals surface area (Å²) in [5, 5.41) is 21.6. The molecule has 0 saturated carbocycles. The minimum Gasteiger partial charge on any atom is -0.496 e. The maximum atomic E-state index is 11.7.